The molecule has 2 aromatic heterocycles. The maximum absolute atomic E-state index is 12.0. The van der Waals surface area contributed by atoms with Gasteiger partial charge in [-0.1, -0.05) is 29.5 Å². The van der Waals surface area contributed by atoms with Crippen molar-refractivity contribution in [3.8, 4) is 5.69 Å². The fraction of sp³-hybridized carbons (Fsp3) is 0.316. The van der Waals surface area contributed by atoms with Crippen LogP contribution in [0.4, 0.5) is 0 Å². The Bertz CT molecular complexity index is 1020. The van der Waals surface area contributed by atoms with Crippen LogP contribution in [0, 0.1) is 13.8 Å². The van der Waals surface area contributed by atoms with E-state index in [1.807, 2.05) is 26.0 Å². The lowest BCUT2D eigenvalue weighted by atomic mass is 10.1. The SMILES string of the molecule is CCOC(=O)CNC(=O)CSc1ncnc2c1cnn2-c1ccc(C)cc1C. The number of carbonyl (C=O) groups is 2. The number of carbonyl (C=O) groups excluding carboxylic acids is 2. The van der Waals surface area contributed by atoms with Crippen molar-refractivity contribution in [1.29, 1.82) is 0 Å². The molecule has 28 heavy (non-hydrogen) atoms. The van der Waals surface area contributed by atoms with E-state index in [0.717, 1.165) is 16.6 Å². The quantitative estimate of drug-likeness (QED) is 0.369. The highest BCUT2D eigenvalue weighted by Gasteiger charge is 2.14. The molecule has 0 unspecified atom stereocenters. The van der Waals surface area contributed by atoms with Crippen molar-refractivity contribution in [2.24, 2.45) is 0 Å². The number of aromatic nitrogens is 4. The molecule has 0 saturated heterocycles. The number of hydrogen-bond acceptors (Lipinski definition) is 7. The second-order valence-corrected chi connectivity index (χ2v) is 7.10. The van der Waals surface area contributed by atoms with Crippen LogP contribution < -0.4 is 5.32 Å². The first-order valence-corrected chi connectivity index (χ1v) is 9.79. The predicted octanol–water partition coefficient (Wildman–Crippen LogP) is 2.20. The van der Waals surface area contributed by atoms with Gasteiger partial charge in [-0.15, -0.1) is 0 Å². The molecule has 0 bridgehead atoms. The molecule has 0 radical (unpaired) electrons. The summed E-state index contributed by atoms with van der Waals surface area (Å²) in [7, 11) is 0. The van der Waals surface area contributed by atoms with Crippen molar-refractivity contribution in [3.05, 3.63) is 41.9 Å². The molecule has 1 N–H and O–H groups in total. The van der Waals surface area contributed by atoms with Gasteiger partial charge in [-0.05, 0) is 32.4 Å². The Hall–Kier alpha value is -2.94. The number of benzene rings is 1. The molecule has 0 aliphatic rings. The summed E-state index contributed by atoms with van der Waals surface area (Å²) in [5.74, 6) is -0.605. The van der Waals surface area contributed by atoms with E-state index in [1.54, 1.807) is 17.8 Å². The Labute approximate surface area is 166 Å². The van der Waals surface area contributed by atoms with Gasteiger partial charge in [0.25, 0.3) is 0 Å². The zero-order valence-corrected chi connectivity index (χ0v) is 16.7. The number of hydrogen-bond donors (Lipinski definition) is 1. The fourth-order valence-electron chi connectivity index (χ4n) is 2.72. The Morgan fingerprint density at radius 2 is 2.07 bits per heavy atom. The van der Waals surface area contributed by atoms with Crippen LogP contribution in [0.2, 0.25) is 0 Å². The van der Waals surface area contributed by atoms with Gasteiger partial charge in [-0.2, -0.15) is 5.10 Å². The van der Waals surface area contributed by atoms with E-state index in [2.05, 4.69) is 26.4 Å². The summed E-state index contributed by atoms with van der Waals surface area (Å²) >= 11 is 1.27. The average Bonchev–Trinajstić information content (AvgIpc) is 3.09. The van der Waals surface area contributed by atoms with Crippen LogP contribution in [0.1, 0.15) is 18.1 Å². The smallest absolute Gasteiger partial charge is 0.325 e. The van der Waals surface area contributed by atoms with Gasteiger partial charge in [0.2, 0.25) is 5.91 Å². The monoisotopic (exact) mass is 399 g/mol. The minimum Gasteiger partial charge on any atom is -0.465 e. The van der Waals surface area contributed by atoms with E-state index in [-0.39, 0.29) is 24.8 Å². The third-order valence-electron chi connectivity index (χ3n) is 3.98. The van der Waals surface area contributed by atoms with E-state index in [9.17, 15) is 9.59 Å². The maximum Gasteiger partial charge on any atom is 0.325 e. The van der Waals surface area contributed by atoms with E-state index in [1.165, 1.54) is 23.7 Å². The zero-order chi connectivity index (χ0) is 20.1. The highest BCUT2D eigenvalue weighted by molar-refractivity contribution is 8.00. The summed E-state index contributed by atoms with van der Waals surface area (Å²) < 4.78 is 6.56. The molecule has 146 valence electrons. The number of amides is 1. The maximum atomic E-state index is 12.0. The summed E-state index contributed by atoms with van der Waals surface area (Å²) in [5, 5.41) is 8.42. The lowest BCUT2D eigenvalue weighted by molar-refractivity contribution is -0.143. The third kappa shape index (κ3) is 4.48. The first-order valence-electron chi connectivity index (χ1n) is 8.81. The van der Waals surface area contributed by atoms with Crippen molar-refractivity contribution < 1.29 is 14.3 Å². The number of esters is 1. The summed E-state index contributed by atoms with van der Waals surface area (Å²) in [6, 6.07) is 6.13. The molecule has 0 saturated carbocycles. The lowest BCUT2D eigenvalue weighted by Crippen LogP contribution is -2.31. The van der Waals surface area contributed by atoms with Crippen LogP contribution in [-0.4, -0.2) is 50.5 Å². The fourth-order valence-corrected chi connectivity index (χ4v) is 3.52. The average molecular weight is 399 g/mol. The molecule has 1 aromatic carbocycles. The molecule has 9 heteroatoms. The summed E-state index contributed by atoms with van der Waals surface area (Å²) in [6.45, 7) is 5.93. The second kappa shape index (κ2) is 8.83. The van der Waals surface area contributed by atoms with Crippen molar-refractivity contribution in [3.63, 3.8) is 0 Å². The number of nitrogens with zero attached hydrogens (tertiary/aromatic N) is 4. The van der Waals surface area contributed by atoms with Crippen molar-refractivity contribution in [1.82, 2.24) is 25.1 Å². The molecule has 0 atom stereocenters. The summed E-state index contributed by atoms with van der Waals surface area (Å²) in [6.07, 6.45) is 3.16. The Balaban J connectivity index is 1.74. The molecule has 2 heterocycles. The molecular weight excluding hydrogens is 378 g/mol. The number of aryl methyl sites for hydroxylation is 2. The number of fused-ring (bicyclic) bond motifs is 1. The second-order valence-electron chi connectivity index (χ2n) is 6.13. The molecule has 0 aliphatic carbocycles. The minimum atomic E-state index is -0.458. The molecule has 0 spiro atoms. The molecule has 3 rings (SSSR count). The first-order chi connectivity index (χ1) is 13.5. The van der Waals surface area contributed by atoms with E-state index in [0.29, 0.717) is 10.7 Å². The highest BCUT2D eigenvalue weighted by atomic mass is 32.2. The summed E-state index contributed by atoms with van der Waals surface area (Å²) in [5.41, 5.74) is 3.90. The Kier molecular flexibility index (Phi) is 6.25. The molecule has 3 aromatic rings. The van der Waals surface area contributed by atoms with Crippen LogP contribution in [0.15, 0.2) is 35.7 Å². The summed E-state index contributed by atoms with van der Waals surface area (Å²) in [4.78, 5) is 31.9. The van der Waals surface area contributed by atoms with E-state index >= 15 is 0 Å². The molecule has 0 aliphatic heterocycles. The van der Waals surface area contributed by atoms with E-state index < -0.39 is 5.97 Å². The first kappa shape index (κ1) is 19.8. The van der Waals surface area contributed by atoms with Crippen molar-refractivity contribution >= 4 is 34.7 Å². The van der Waals surface area contributed by atoms with E-state index in [4.69, 9.17) is 4.74 Å². The van der Waals surface area contributed by atoms with Crippen LogP contribution in [-0.2, 0) is 14.3 Å². The minimum absolute atomic E-state index is 0.125. The number of ether oxygens (including phenoxy) is 1. The molecule has 8 nitrogen and oxygen atoms in total. The van der Waals surface area contributed by atoms with Gasteiger partial charge in [0.1, 0.15) is 17.9 Å². The van der Waals surface area contributed by atoms with Gasteiger partial charge in [-0.3, -0.25) is 9.59 Å². The highest BCUT2D eigenvalue weighted by Crippen LogP contribution is 2.26. The largest absolute Gasteiger partial charge is 0.465 e. The van der Waals surface area contributed by atoms with Gasteiger partial charge in [0.15, 0.2) is 5.65 Å². The zero-order valence-electron chi connectivity index (χ0n) is 15.9. The number of nitrogens with one attached hydrogen (secondary N) is 1. The van der Waals surface area contributed by atoms with Gasteiger partial charge in [0.05, 0.1) is 29.6 Å². The van der Waals surface area contributed by atoms with Crippen LogP contribution in [0.3, 0.4) is 0 Å². The van der Waals surface area contributed by atoms with Gasteiger partial charge < -0.3 is 10.1 Å². The van der Waals surface area contributed by atoms with Gasteiger partial charge >= 0.3 is 5.97 Å². The Morgan fingerprint density at radius 3 is 2.82 bits per heavy atom. The predicted molar refractivity (Wildman–Crippen MR) is 107 cm³/mol. The third-order valence-corrected chi connectivity index (χ3v) is 4.99. The normalized spacial score (nSPS) is 10.8. The lowest BCUT2D eigenvalue weighted by Gasteiger charge is -2.08. The van der Waals surface area contributed by atoms with Crippen LogP contribution in [0.25, 0.3) is 16.7 Å². The standard InChI is InChI=1S/C19H21N5O3S/c1-4-27-17(26)9-20-16(25)10-28-19-14-8-23-24(18(14)21-11-22-19)15-6-5-12(2)7-13(15)3/h5-8,11H,4,9-10H2,1-3H3,(H,20,25). The number of rotatable bonds is 7. The van der Waals surface area contributed by atoms with Crippen LogP contribution in [0.5, 0.6) is 0 Å². The molecular formula is C19H21N5O3S. The van der Waals surface area contributed by atoms with Crippen molar-refractivity contribution in [2.45, 2.75) is 25.8 Å². The van der Waals surface area contributed by atoms with Gasteiger partial charge in [0, 0.05) is 0 Å². The topological polar surface area (TPSA) is 99.0 Å². The Morgan fingerprint density at radius 1 is 1.25 bits per heavy atom. The molecule has 1 amide bonds. The number of thioether (sulfide) groups is 1. The van der Waals surface area contributed by atoms with Crippen LogP contribution >= 0.6 is 11.8 Å². The van der Waals surface area contributed by atoms with Gasteiger partial charge in [-0.25, -0.2) is 14.6 Å². The molecule has 0 fully saturated rings. The van der Waals surface area contributed by atoms with Crippen molar-refractivity contribution in [2.75, 3.05) is 18.9 Å².